The van der Waals surface area contributed by atoms with E-state index in [9.17, 15) is 4.79 Å². The summed E-state index contributed by atoms with van der Waals surface area (Å²) >= 11 is 0. The molecule has 0 saturated heterocycles. The van der Waals surface area contributed by atoms with Crippen molar-refractivity contribution < 1.29 is 9.53 Å². The zero-order valence-corrected chi connectivity index (χ0v) is 11.8. The summed E-state index contributed by atoms with van der Waals surface area (Å²) in [6.07, 6.45) is 0.401. The molecule has 0 radical (unpaired) electrons. The highest BCUT2D eigenvalue weighted by Crippen LogP contribution is 2.35. The third kappa shape index (κ3) is 2.89. The van der Waals surface area contributed by atoms with Crippen molar-refractivity contribution in [1.29, 1.82) is 0 Å². The minimum absolute atomic E-state index is 0.0334. The van der Waals surface area contributed by atoms with Gasteiger partial charge in [0.2, 0.25) is 0 Å². The molecule has 1 aromatic carbocycles. The molecule has 1 aliphatic heterocycles. The van der Waals surface area contributed by atoms with E-state index in [0.717, 1.165) is 23.4 Å². The Balaban J connectivity index is 2.38. The van der Waals surface area contributed by atoms with Gasteiger partial charge in [0, 0.05) is 6.54 Å². The molecule has 4 heteroatoms. The number of carbonyl (C=O) groups excluding carboxylic acids is 1. The Labute approximate surface area is 114 Å². The number of hydrogen-bond acceptors (Lipinski definition) is 3. The molecular weight excluding hydrogens is 240 g/mol. The predicted octanol–water partition coefficient (Wildman–Crippen LogP) is 1.96. The molecule has 0 aromatic heterocycles. The van der Waals surface area contributed by atoms with Gasteiger partial charge in [-0.05, 0) is 43.5 Å². The Morgan fingerprint density at radius 3 is 2.79 bits per heavy atom. The minimum Gasteiger partial charge on any atom is -0.479 e. The van der Waals surface area contributed by atoms with E-state index in [4.69, 9.17) is 10.5 Å². The van der Waals surface area contributed by atoms with Crippen molar-refractivity contribution >= 4 is 11.6 Å². The number of benzene rings is 1. The molecule has 0 aliphatic carbocycles. The lowest BCUT2D eigenvalue weighted by Gasteiger charge is -2.34. The third-order valence-electron chi connectivity index (χ3n) is 3.21. The van der Waals surface area contributed by atoms with E-state index in [1.807, 2.05) is 23.1 Å². The Bertz CT molecular complexity index is 471. The van der Waals surface area contributed by atoms with Gasteiger partial charge in [0.05, 0.1) is 5.69 Å². The van der Waals surface area contributed by atoms with Gasteiger partial charge in [-0.1, -0.05) is 19.9 Å². The maximum atomic E-state index is 12.3. The van der Waals surface area contributed by atoms with Crippen LogP contribution in [0, 0.1) is 5.92 Å². The van der Waals surface area contributed by atoms with Crippen LogP contribution in [0.15, 0.2) is 18.2 Å². The zero-order valence-electron chi connectivity index (χ0n) is 11.8. The number of ether oxygens (including phenoxy) is 1. The van der Waals surface area contributed by atoms with Crippen LogP contribution >= 0.6 is 0 Å². The number of hydrogen-bond donors (Lipinski definition) is 1. The monoisotopic (exact) mass is 262 g/mol. The lowest BCUT2D eigenvalue weighted by molar-refractivity contribution is -0.125. The van der Waals surface area contributed by atoms with Crippen molar-refractivity contribution in [3.63, 3.8) is 0 Å². The fourth-order valence-corrected chi connectivity index (χ4v) is 2.33. The summed E-state index contributed by atoms with van der Waals surface area (Å²) in [5.74, 6) is 1.24. The van der Waals surface area contributed by atoms with Crippen molar-refractivity contribution in [2.24, 2.45) is 11.7 Å². The van der Waals surface area contributed by atoms with Crippen molar-refractivity contribution in [1.82, 2.24) is 0 Å². The number of nitrogens with zero attached hydrogens (tertiary/aromatic N) is 1. The van der Waals surface area contributed by atoms with Gasteiger partial charge < -0.3 is 15.4 Å². The van der Waals surface area contributed by atoms with Gasteiger partial charge in [-0.2, -0.15) is 0 Å². The van der Waals surface area contributed by atoms with E-state index in [0.29, 0.717) is 19.0 Å². The van der Waals surface area contributed by atoms with E-state index in [2.05, 4.69) is 13.8 Å². The van der Waals surface area contributed by atoms with Crippen LogP contribution in [0.2, 0.25) is 0 Å². The summed E-state index contributed by atoms with van der Waals surface area (Å²) in [4.78, 5) is 14.1. The highest BCUT2D eigenvalue weighted by atomic mass is 16.5. The van der Waals surface area contributed by atoms with Gasteiger partial charge in [0.1, 0.15) is 5.75 Å². The van der Waals surface area contributed by atoms with Gasteiger partial charge >= 0.3 is 0 Å². The van der Waals surface area contributed by atoms with Crippen molar-refractivity contribution in [3.8, 4) is 5.75 Å². The number of amides is 1. The molecule has 1 heterocycles. The Morgan fingerprint density at radius 1 is 1.42 bits per heavy atom. The van der Waals surface area contributed by atoms with Crippen molar-refractivity contribution in [2.45, 2.75) is 33.3 Å². The zero-order chi connectivity index (χ0) is 14.0. The van der Waals surface area contributed by atoms with E-state index < -0.39 is 6.10 Å². The molecule has 0 spiro atoms. The lowest BCUT2D eigenvalue weighted by atomic mass is 10.1. The van der Waals surface area contributed by atoms with Gasteiger partial charge in [-0.25, -0.2) is 0 Å². The molecule has 1 unspecified atom stereocenters. The first-order valence-electron chi connectivity index (χ1n) is 6.84. The number of rotatable bonds is 4. The first-order chi connectivity index (χ1) is 9.02. The highest BCUT2D eigenvalue weighted by molar-refractivity contribution is 5.99. The van der Waals surface area contributed by atoms with Crippen LogP contribution in [0.1, 0.15) is 26.3 Å². The number of fused-ring (bicyclic) bond motifs is 1. The normalized spacial score (nSPS) is 18.5. The molecule has 4 nitrogen and oxygen atoms in total. The molecule has 0 fully saturated rings. The van der Waals surface area contributed by atoms with Gasteiger partial charge in [0.25, 0.3) is 5.91 Å². The van der Waals surface area contributed by atoms with Gasteiger partial charge in [-0.15, -0.1) is 0 Å². The summed E-state index contributed by atoms with van der Waals surface area (Å²) < 4.78 is 5.67. The van der Waals surface area contributed by atoms with Crippen LogP contribution in [-0.2, 0) is 11.2 Å². The predicted molar refractivity (Wildman–Crippen MR) is 76.5 cm³/mol. The van der Waals surface area contributed by atoms with E-state index in [-0.39, 0.29) is 5.91 Å². The number of carbonyl (C=O) groups is 1. The van der Waals surface area contributed by atoms with Gasteiger partial charge in [-0.3, -0.25) is 4.79 Å². The highest BCUT2D eigenvalue weighted by Gasteiger charge is 2.31. The number of nitrogens with two attached hydrogens (primary N) is 1. The topological polar surface area (TPSA) is 55.6 Å². The molecule has 2 N–H and O–H groups in total. The summed E-state index contributed by atoms with van der Waals surface area (Å²) in [5.41, 5.74) is 7.61. The smallest absolute Gasteiger partial charge is 0.267 e. The third-order valence-corrected chi connectivity index (χ3v) is 3.21. The van der Waals surface area contributed by atoms with Crippen LogP contribution in [-0.4, -0.2) is 25.1 Å². The van der Waals surface area contributed by atoms with Crippen molar-refractivity contribution in [2.75, 3.05) is 18.0 Å². The second kappa shape index (κ2) is 5.61. The number of anilines is 1. The Morgan fingerprint density at radius 2 is 2.16 bits per heavy atom. The maximum absolute atomic E-state index is 12.3. The molecule has 1 aliphatic rings. The largest absolute Gasteiger partial charge is 0.479 e. The average molecular weight is 262 g/mol. The van der Waals surface area contributed by atoms with Gasteiger partial charge in [0.15, 0.2) is 6.10 Å². The van der Waals surface area contributed by atoms with E-state index in [1.54, 1.807) is 6.92 Å². The molecule has 19 heavy (non-hydrogen) atoms. The fraction of sp³-hybridized carbons (Fsp3) is 0.533. The van der Waals surface area contributed by atoms with Crippen molar-refractivity contribution in [3.05, 3.63) is 23.8 Å². The Hall–Kier alpha value is -1.55. The van der Waals surface area contributed by atoms with Crippen LogP contribution in [0.4, 0.5) is 5.69 Å². The van der Waals surface area contributed by atoms with Crippen LogP contribution in [0.3, 0.4) is 0 Å². The quantitative estimate of drug-likeness (QED) is 0.902. The van der Waals surface area contributed by atoms with Crippen LogP contribution in [0.5, 0.6) is 5.75 Å². The lowest BCUT2D eigenvalue weighted by Crippen LogP contribution is -2.46. The summed E-state index contributed by atoms with van der Waals surface area (Å²) in [7, 11) is 0. The fourth-order valence-electron chi connectivity index (χ4n) is 2.33. The maximum Gasteiger partial charge on any atom is 0.267 e. The summed E-state index contributed by atoms with van der Waals surface area (Å²) in [6, 6.07) is 5.98. The molecule has 104 valence electrons. The second-order valence-electron chi connectivity index (χ2n) is 5.44. The van der Waals surface area contributed by atoms with E-state index in [1.165, 1.54) is 0 Å². The SMILES string of the molecule is CC(C)CN1C(=O)C(C)Oc2ccc(CCN)cc21. The minimum atomic E-state index is -0.411. The molecule has 0 saturated carbocycles. The molecule has 0 bridgehead atoms. The Kier molecular flexibility index (Phi) is 4.10. The first-order valence-corrected chi connectivity index (χ1v) is 6.84. The molecule has 1 amide bonds. The summed E-state index contributed by atoms with van der Waals surface area (Å²) in [5, 5.41) is 0. The standard InChI is InChI=1S/C15H22N2O2/c1-10(2)9-17-13-8-12(6-7-16)4-5-14(13)19-11(3)15(17)18/h4-5,8,10-11H,6-7,9,16H2,1-3H3. The molecule has 1 atom stereocenters. The van der Waals surface area contributed by atoms with Crippen LogP contribution in [0.25, 0.3) is 0 Å². The summed E-state index contributed by atoms with van der Waals surface area (Å²) in [6.45, 7) is 7.33. The second-order valence-corrected chi connectivity index (χ2v) is 5.44. The molecular formula is C15H22N2O2. The van der Waals surface area contributed by atoms with Crippen LogP contribution < -0.4 is 15.4 Å². The molecule has 1 aromatic rings. The molecule has 2 rings (SSSR count). The van der Waals surface area contributed by atoms with E-state index >= 15 is 0 Å². The average Bonchev–Trinajstić information content (AvgIpc) is 2.36. The first kappa shape index (κ1) is 13.9.